The van der Waals surface area contributed by atoms with Crippen LogP contribution in [0.15, 0.2) is 42.5 Å². The number of imidazole rings is 1. The van der Waals surface area contributed by atoms with Crippen LogP contribution >= 0.6 is 11.6 Å². The second-order valence-corrected chi connectivity index (χ2v) is 6.74. The molecule has 1 atom stereocenters. The maximum absolute atomic E-state index is 12.7. The number of nitrogens with zero attached hydrogens (tertiary/aromatic N) is 2. The van der Waals surface area contributed by atoms with Gasteiger partial charge in [-0.3, -0.25) is 4.79 Å². The third-order valence-electron chi connectivity index (χ3n) is 4.69. The minimum Gasteiger partial charge on any atom is -0.328 e. The van der Waals surface area contributed by atoms with Crippen molar-refractivity contribution in [1.82, 2.24) is 9.55 Å². The van der Waals surface area contributed by atoms with Gasteiger partial charge in [-0.15, -0.1) is 0 Å². The topological polar surface area (TPSA) is 46.9 Å². The first kappa shape index (κ1) is 15.2. The van der Waals surface area contributed by atoms with Gasteiger partial charge in [-0.2, -0.15) is 0 Å². The minimum absolute atomic E-state index is 0.0404. The van der Waals surface area contributed by atoms with Gasteiger partial charge in [0.25, 0.3) is 0 Å². The lowest BCUT2D eigenvalue weighted by Crippen LogP contribution is -2.30. The molecule has 0 fully saturated rings. The number of halogens is 1. The quantitative estimate of drug-likeness (QED) is 0.760. The van der Waals surface area contributed by atoms with E-state index in [0.29, 0.717) is 11.4 Å². The summed E-state index contributed by atoms with van der Waals surface area (Å²) in [5.74, 6) is 0.969. The van der Waals surface area contributed by atoms with Gasteiger partial charge in [-0.1, -0.05) is 29.8 Å². The van der Waals surface area contributed by atoms with E-state index in [0.717, 1.165) is 41.1 Å². The SMILES string of the molecule is Cc1ccc(Cl)cc1NC(=O)[C@H]1CCn2c(nc3ccccc32)C1. The number of fused-ring (bicyclic) bond motifs is 3. The van der Waals surface area contributed by atoms with Crippen molar-refractivity contribution in [3.8, 4) is 0 Å². The maximum atomic E-state index is 12.7. The highest BCUT2D eigenvalue weighted by molar-refractivity contribution is 6.31. The smallest absolute Gasteiger partial charge is 0.228 e. The van der Waals surface area contributed by atoms with Crippen LogP contribution in [-0.4, -0.2) is 15.5 Å². The molecule has 2 aromatic carbocycles. The number of amides is 1. The van der Waals surface area contributed by atoms with Crippen LogP contribution in [0.3, 0.4) is 0 Å². The average Bonchev–Trinajstić information content (AvgIpc) is 2.95. The fourth-order valence-corrected chi connectivity index (χ4v) is 3.50. The third kappa shape index (κ3) is 2.67. The summed E-state index contributed by atoms with van der Waals surface area (Å²) in [4.78, 5) is 17.4. The van der Waals surface area contributed by atoms with Crippen LogP contribution in [0.2, 0.25) is 5.02 Å². The molecule has 0 radical (unpaired) electrons. The number of anilines is 1. The molecular weight excluding hydrogens is 322 g/mol. The van der Waals surface area contributed by atoms with Crippen molar-refractivity contribution in [3.63, 3.8) is 0 Å². The van der Waals surface area contributed by atoms with Crippen molar-refractivity contribution in [2.24, 2.45) is 5.92 Å². The normalized spacial score (nSPS) is 16.8. The summed E-state index contributed by atoms with van der Waals surface area (Å²) in [7, 11) is 0. The molecule has 122 valence electrons. The summed E-state index contributed by atoms with van der Waals surface area (Å²) in [5, 5.41) is 3.65. The lowest BCUT2D eigenvalue weighted by atomic mass is 9.96. The number of aromatic nitrogens is 2. The molecule has 0 aliphatic carbocycles. The predicted octanol–water partition coefficient (Wildman–Crippen LogP) is 4.20. The number of para-hydroxylation sites is 2. The van der Waals surface area contributed by atoms with Crippen molar-refractivity contribution in [2.45, 2.75) is 26.3 Å². The number of carbonyl (C=O) groups excluding carboxylic acids is 1. The fraction of sp³-hybridized carbons (Fsp3) is 0.263. The van der Waals surface area contributed by atoms with E-state index >= 15 is 0 Å². The Labute approximate surface area is 145 Å². The van der Waals surface area contributed by atoms with Gasteiger partial charge in [0.2, 0.25) is 5.91 Å². The lowest BCUT2D eigenvalue weighted by molar-refractivity contribution is -0.120. The molecule has 24 heavy (non-hydrogen) atoms. The van der Waals surface area contributed by atoms with Gasteiger partial charge in [0.05, 0.1) is 11.0 Å². The number of carbonyl (C=O) groups is 1. The van der Waals surface area contributed by atoms with Crippen LogP contribution < -0.4 is 5.32 Å². The van der Waals surface area contributed by atoms with Crippen LogP contribution in [0.5, 0.6) is 0 Å². The lowest BCUT2D eigenvalue weighted by Gasteiger charge is -2.23. The van der Waals surface area contributed by atoms with Gasteiger partial charge < -0.3 is 9.88 Å². The van der Waals surface area contributed by atoms with Gasteiger partial charge in [0, 0.05) is 29.6 Å². The number of aryl methyl sites for hydroxylation is 2. The van der Waals surface area contributed by atoms with Crippen molar-refractivity contribution < 1.29 is 4.79 Å². The zero-order valence-corrected chi connectivity index (χ0v) is 14.2. The van der Waals surface area contributed by atoms with Gasteiger partial charge in [-0.25, -0.2) is 4.98 Å². The Morgan fingerprint density at radius 3 is 3.00 bits per heavy atom. The Bertz CT molecular complexity index is 932. The van der Waals surface area contributed by atoms with E-state index in [1.165, 1.54) is 0 Å². The Balaban J connectivity index is 1.56. The summed E-state index contributed by atoms with van der Waals surface area (Å²) in [6, 6.07) is 13.7. The molecule has 1 amide bonds. The standard InChI is InChI=1S/C19H18ClN3O/c1-12-6-7-14(20)11-16(12)22-19(24)13-8-9-23-17-5-3-2-4-15(17)21-18(23)10-13/h2-7,11,13H,8-10H2,1H3,(H,22,24)/t13-/m0/s1. The van der Waals surface area contributed by atoms with E-state index in [2.05, 4.69) is 20.9 Å². The Hall–Kier alpha value is -2.33. The Morgan fingerprint density at radius 1 is 1.29 bits per heavy atom. The zero-order valence-electron chi connectivity index (χ0n) is 13.4. The molecule has 0 unspecified atom stereocenters. The Kier molecular flexibility index (Phi) is 3.77. The predicted molar refractivity (Wildman–Crippen MR) is 96.4 cm³/mol. The van der Waals surface area contributed by atoms with E-state index in [9.17, 15) is 4.79 Å². The third-order valence-corrected chi connectivity index (χ3v) is 4.93. The van der Waals surface area contributed by atoms with E-state index in [1.807, 2.05) is 37.3 Å². The summed E-state index contributed by atoms with van der Waals surface area (Å²) >= 11 is 6.03. The second-order valence-electron chi connectivity index (χ2n) is 6.31. The molecule has 1 aliphatic heterocycles. The summed E-state index contributed by atoms with van der Waals surface area (Å²) < 4.78 is 2.23. The van der Waals surface area contributed by atoms with E-state index in [1.54, 1.807) is 6.07 Å². The van der Waals surface area contributed by atoms with Gasteiger partial charge in [0.1, 0.15) is 5.82 Å². The first-order valence-electron chi connectivity index (χ1n) is 8.13. The van der Waals surface area contributed by atoms with Crippen molar-refractivity contribution in [1.29, 1.82) is 0 Å². The largest absolute Gasteiger partial charge is 0.328 e. The van der Waals surface area contributed by atoms with E-state index in [4.69, 9.17) is 11.6 Å². The molecule has 0 saturated heterocycles. The average molecular weight is 340 g/mol. The van der Waals surface area contributed by atoms with Gasteiger partial charge in [0.15, 0.2) is 0 Å². The molecule has 1 aliphatic rings. The summed E-state index contributed by atoms with van der Waals surface area (Å²) in [6.45, 7) is 2.79. The number of hydrogen-bond donors (Lipinski definition) is 1. The first-order valence-corrected chi connectivity index (χ1v) is 8.51. The summed E-state index contributed by atoms with van der Waals surface area (Å²) in [5.41, 5.74) is 3.94. The molecule has 0 saturated carbocycles. The van der Waals surface area contributed by atoms with Crippen LogP contribution in [-0.2, 0) is 17.8 Å². The van der Waals surface area contributed by atoms with Crippen molar-refractivity contribution in [3.05, 3.63) is 58.9 Å². The monoisotopic (exact) mass is 339 g/mol. The number of hydrogen-bond acceptors (Lipinski definition) is 2. The molecule has 4 rings (SSSR count). The zero-order chi connectivity index (χ0) is 16.7. The highest BCUT2D eigenvalue weighted by atomic mass is 35.5. The molecule has 4 nitrogen and oxygen atoms in total. The maximum Gasteiger partial charge on any atom is 0.228 e. The van der Waals surface area contributed by atoms with Crippen LogP contribution in [0, 0.1) is 12.8 Å². The van der Waals surface area contributed by atoms with Crippen molar-refractivity contribution in [2.75, 3.05) is 5.32 Å². The number of rotatable bonds is 2. The molecule has 0 spiro atoms. The molecule has 3 aromatic rings. The molecule has 5 heteroatoms. The molecule has 2 heterocycles. The van der Waals surface area contributed by atoms with E-state index < -0.39 is 0 Å². The highest BCUT2D eigenvalue weighted by Gasteiger charge is 2.27. The second kappa shape index (κ2) is 5.95. The minimum atomic E-state index is -0.0623. The molecule has 1 aromatic heterocycles. The van der Waals surface area contributed by atoms with Crippen LogP contribution in [0.4, 0.5) is 5.69 Å². The summed E-state index contributed by atoms with van der Waals surface area (Å²) in [6.07, 6.45) is 1.49. The van der Waals surface area contributed by atoms with Crippen LogP contribution in [0.25, 0.3) is 11.0 Å². The Morgan fingerprint density at radius 2 is 2.12 bits per heavy atom. The first-order chi connectivity index (χ1) is 11.6. The number of benzene rings is 2. The van der Waals surface area contributed by atoms with Gasteiger partial charge >= 0.3 is 0 Å². The molecule has 0 bridgehead atoms. The fourth-order valence-electron chi connectivity index (χ4n) is 3.33. The highest BCUT2D eigenvalue weighted by Crippen LogP contribution is 2.27. The van der Waals surface area contributed by atoms with E-state index in [-0.39, 0.29) is 11.8 Å². The van der Waals surface area contributed by atoms with Crippen LogP contribution in [0.1, 0.15) is 17.8 Å². The molecular formula is C19H18ClN3O. The van der Waals surface area contributed by atoms with Gasteiger partial charge in [-0.05, 0) is 43.2 Å². The molecule has 1 N–H and O–H groups in total. The number of nitrogens with one attached hydrogen (secondary N) is 1. The van der Waals surface area contributed by atoms with Crippen molar-refractivity contribution >= 4 is 34.2 Å².